The smallest absolute Gasteiger partial charge is 0.311 e. The van der Waals surface area contributed by atoms with Crippen molar-refractivity contribution in [3.8, 4) is 0 Å². The average Bonchev–Trinajstić information content (AvgIpc) is 3.29. The number of hydrogen-bond donors (Lipinski definition) is 0. The molecule has 0 radical (unpaired) electrons. The van der Waals surface area contributed by atoms with Crippen molar-refractivity contribution in [2.45, 2.75) is 18.3 Å². The van der Waals surface area contributed by atoms with Crippen molar-refractivity contribution in [1.29, 1.82) is 0 Å². The van der Waals surface area contributed by atoms with Crippen molar-refractivity contribution >= 4 is 11.5 Å². The summed E-state index contributed by atoms with van der Waals surface area (Å²) in [6.45, 7) is 0.745. The van der Waals surface area contributed by atoms with Crippen LogP contribution in [0.2, 0.25) is 0 Å². The van der Waals surface area contributed by atoms with E-state index in [0.29, 0.717) is 5.82 Å². The van der Waals surface area contributed by atoms with Gasteiger partial charge in [-0.1, -0.05) is 30.3 Å². The number of nitro groups is 1. The van der Waals surface area contributed by atoms with Crippen LogP contribution < -0.4 is 4.90 Å². The summed E-state index contributed by atoms with van der Waals surface area (Å²) in [4.78, 5) is 16.8. The molecule has 2 aromatic rings. The Labute approximate surface area is 123 Å². The Morgan fingerprint density at radius 2 is 1.95 bits per heavy atom. The SMILES string of the molecule is CN(CC1(c2ccccc2)CC1)c1ncccc1[N+](=O)[O-]. The molecular formula is C16H17N3O2. The Morgan fingerprint density at radius 3 is 2.57 bits per heavy atom. The van der Waals surface area contributed by atoms with Crippen LogP contribution in [0.15, 0.2) is 48.7 Å². The Balaban J connectivity index is 1.85. The summed E-state index contributed by atoms with van der Waals surface area (Å²) in [6.07, 6.45) is 3.82. The molecule has 5 nitrogen and oxygen atoms in total. The monoisotopic (exact) mass is 283 g/mol. The third-order valence-electron chi connectivity index (χ3n) is 4.10. The molecule has 0 bridgehead atoms. The van der Waals surface area contributed by atoms with Gasteiger partial charge in [-0.15, -0.1) is 0 Å². The summed E-state index contributed by atoms with van der Waals surface area (Å²) in [5.41, 5.74) is 1.47. The molecule has 0 saturated heterocycles. The van der Waals surface area contributed by atoms with Gasteiger partial charge in [-0.3, -0.25) is 10.1 Å². The first kappa shape index (κ1) is 13.5. The molecule has 0 spiro atoms. The molecule has 1 aromatic heterocycles. The van der Waals surface area contributed by atoms with Gasteiger partial charge in [0.05, 0.1) is 4.92 Å². The number of pyridine rings is 1. The lowest BCUT2D eigenvalue weighted by Gasteiger charge is -2.24. The number of hydrogen-bond acceptors (Lipinski definition) is 4. The maximum Gasteiger partial charge on any atom is 0.311 e. The van der Waals surface area contributed by atoms with Gasteiger partial charge in [0.15, 0.2) is 0 Å². The molecule has 3 rings (SSSR count). The van der Waals surface area contributed by atoms with E-state index in [2.05, 4.69) is 17.1 Å². The van der Waals surface area contributed by atoms with Gasteiger partial charge < -0.3 is 4.90 Å². The van der Waals surface area contributed by atoms with Crippen molar-refractivity contribution in [3.63, 3.8) is 0 Å². The van der Waals surface area contributed by atoms with Crippen LogP contribution in [-0.2, 0) is 5.41 Å². The molecule has 1 aromatic carbocycles. The van der Waals surface area contributed by atoms with E-state index in [9.17, 15) is 10.1 Å². The lowest BCUT2D eigenvalue weighted by molar-refractivity contribution is -0.384. The quantitative estimate of drug-likeness (QED) is 0.624. The summed E-state index contributed by atoms with van der Waals surface area (Å²) in [5.74, 6) is 0.435. The van der Waals surface area contributed by atoms with Gasteiger partial charge in [-0.05, 0) is 24.5 Å². The molecule has 0 atom stereocenters. The van der Waals surface area contributed by atoms with Crippen molar-refractivity contribution < 1.29 is 4.92 Å². The predicted molar refractivity (Wildman–Crippen MR) is 81.5 cm³/mol. The van der Waals surface area contributed by atoms with E-state index in [4.69, 9.17) is 0 Å². The highest BCUT2D eigenvalue weighted by atomic mass is 16.6. The van der Waals surface area contributed by atoms with Crippen molar-refractivity contribution in [2.24, 2.45) is 0 Å². The maximum absolute atomic E-state index is 11.1. The predicted octanol–water partition coefficient (Wildman–Crippen LogP) is 3.16. The normalized spacial score (nSPS) is 15.5. The number of anilines is 1. The summed E-state index contributed by atoms with van der Waals surface area (Å²) >= 11 is 0. The van der Waals surface area contributed by atoms with Gasteiger partial charge in [-0.25, -0.2) is 4.98 Å². The number of benzene rings is 1. The van der Waals surface area contributed by atoms with Gasteiger partial charge in [-0.2, -0.15) is 0 Å². The Hall–Kier alpha value is -2.43. The standard InChI is InChI=1S/C16H17N3O2/c1-18(15-14(19(20)21)8-5-11-17-15)12-16(9-10-16)13-6-3-2-4-7-13/h2-8,11H,9-10,12H2,1H3. The summed E-state index contributed by atoms with van der Waals surface area (Å²) in [5, 5.41) is 11.1. The lowest BCUT2D eigenvalue weighted by Crippen LogP contribution is -2.30. The zero-order valence-electron chi connectivity index (χ0n) is 11.9. The topological polar surface area (TPSA) is 59.3 Å². The number of likely N-dealkylation sites (N-methyl/N-ethyl adjacent to an activating group) is 1. The van der Waals surface area contributed by atoms with Crippen molar-refractivity contribution in [1.82, 2.24) is 4.98 Å². The maximum atomic E-state index is 11.1. The first-order chi connectivity index (χ1) is 10.1. The molecule has 0 N–H and O–H groups in total. The molecule has 1 heterocycles. The molecular weight excluding hydrogens is 266 g/mol. The zero-order valence-corrected chi connectivity index (χ0v) is 11.9. The van der Waals surface area contributed by atoms with Crippen LogP contribution in [0.25, 0.3) is 0 Å². The molecule has 1 aliphatic rings. The fraction of sp³-hybridized carbons (Fsp3) is 0.312. The molecule has 1 fully saturated rings. The molecule has 21 heavy (non-hydrogen) atoms. The molecule has 0 unspecified atom stereocenters. The highest BCUT2D eigenvalue weighted by molar-refractivity contribution is 5.57. The summed E-state index contributed by atoms with van der Waals surface area (Å²) in [7, 11) is 1.87. The molecule has 0 aliphatic heterocycles. The Kier molecular flexibility index (Phi) is 3.33. The number of rotatable bonds is 5. The van der Waals surface area contributed by atoms with Crippen LogP contribution in [0, 0.1) is 10.1 Å². The Bertz CT molecular complexity index is 654. The second-order valence-electron chi connectivity index (χ2n) is 5.61. The zero-order chi connectivity index (χ0) is 14.9. The first-order valence-corrected chi connectivity index (χ1v) is 6.98. The van der Waals surface area contributed by atoms with E-state index < -0.39 is 0 Å². The lowest BCUT2D eigenvalue weighted by atomic mass is 9.95. The number of nitrogens with zero attached hydrogens (tertiary/aromatic N) is 3. The van der Waals surface area contributed by atoms with Crippen LogP contribution in [0.5, 0.6) is 0 Å². The van der Waals surface area contributed by atoms with Crippen molar-refractivity contribution in [2.75, 3.05) is 18.5 Å². The largest absolute Gasteiger partial charge is 0.353 e. The summed E-state index contributed by atoms with van der Waals surface area (Å²) < 4.78 is 0. The average molecular weight is 283 g/mol. The second kappa shape index (κ2) is 5.16. The van der Waals surface area contributed by atoms with Crippen LogP contribution >= 0.6 is 0 Å². The molecule has 1 saturated carbocycles. The van der Waals surface area contributed by atoms with Gasteiger partial charge in [0, 0.05) is 31.3 Å². The fourth-order valence-corrected chi connectivity index (χ4v) is 2.83. The minimum atomic E-state index is -0.374. The molecule has 5 heteroatoms. The highest BCUT2D eigenvalue weighted by Crippen LogP contribution is 2.49. The second-order valence-corrected chi connectivity index (χ2v) is 5.61. The van der Waals surface area contributed by atoms with Gasteiger partial charge in [0.2, 0.25) is 5.82 Å². The molecule has 1 aliphatic carbocycles. The van der Waals surface area contributed by atoms with Crippen LogP contribution in [0.4, 0.5) is 11.5 Å². The van der Waals surface area contributed by atoms with E-state index in [0.717, 1.165) is 19.4 Å². The minimum absolute atomic E-state index is 0.0591. The minimum Gasteiger partial charge on any atom is -0.353 e. The van der Waals surface area contributed by atoms with Gasteiger partial charge >= 0.3 is 5.69 Å². The Morgan fingerprint density at radius 1 is 1.24 bits per heavy atom. The van der Waals surface area contributed by atoms with E-state index in [1.54, 1.807) is 12.3 Å². The fourth-order valence-electron chi connectivity index (χ4n) is 2.83. The highest BCUT2D eigenvalue weighted by Gasteiger charge is 2.45. The van der Waals surface area contributed by atoms with E-state index >= 15 is 0 Å². The van der Waals surface area contributed by atoms with Crippen LogP contribution in [0.1, 0.15) is 18.4 Å². The number of aromatic nitrogens is 1. The van der Waals surface area contributed by atoms with Crippen LogP contribution in [-0.4, -0.2) is 23.5 Å². The first-order valence-electron chi connectivity index (χ1n) is 6.98. The molecule has 0 amide bonds. The third kappa shape index (κ3) is 2.59. The van der Waals surface area contributed by atoms with Gasteiger partial charge in [0.25, 0.3) is 0 Å². The van der Waals surface area contributed by atoms with E-state index in [-0.39, 0.29) is 16.0 Å². The summed E-state index contributed by atoms with van der Waals surface area (Å²) in [6, 6.07) is 13.5. The van der Waals surface area contributed by atoms with E-state index in [1.807, 2.05) is 30.1 Å². The third-order valence-corrected chi connectivity index (χ3v) is 4.10. The van der Waals surface area contributed by atoms with Crippen LogP contribution in [0.3, 0.4) is 0 Å². The molecule has 108 valence electrons. The van der Waals surface area contributed by atoms with Crippen molar-refractivity contribution in [3.05, 3.63) is 64.3 Å². The van der Waals surface area contributed by atoms with Gasteiger partial charge in [0.1, 0.15) is 0 Å². The van der Waals surface area contributed by atoms with E-state index in [1.165, 1.54) is 11.6 Å².